The fourth-order valence-electron chi connectivity index (χ4n) is 3.15. The molecule has 0 spiro atoms. The van der Waals surface area contributed by atoms with Gasteiger partial charge in [-0.2, -0.15) is 0 Å². The maximum absolute atomic E-state index is 13.5. The molecule has 0 saturated heterocycles. The number of fused-ring (bicyclic) bond motifs is 1. The molecule has 0 amide bonds. The predicted molar refractivity (Wildman–Crippen MR) is 112 cm³/mol. The van der Waals surface area contributed by atoms with Crippen LogP contribution in [0.5, 0.6) is 0 Å². The van der Waals surface area contributed by atoms with Crippen molar-refractivity contribution in [2.75, 3.05) is 0 Å². The molecule has 0 aliphatic carbocycles. The van der Waals surface area contributed by atoms with Gasteiger partial charge in [-0.05, 0) is 41.1 Å². The minimum Gasteiger partial charge on any atom is -0.222 e. The highest BCUT2D eigenvalue weighted by Gasteiger charge is 2.42. The van der Waals surface area contributed by atoms with Crippen LogP contribution in [-0.4, -0.2) is 16.8 Å². The van der Waals surface area contributed by atoms with Crippen molar-refractivity contribution in [1.29, 1.82) is 0 Å². The molecule has 28 heavy (non-hydrogen) atoms. The Morgan fingerprint density at radius 1 is 0.607 bits per heavy atom. The first-order valence-electron chi connectivity index (χ1n) is 8.46. The molecule has 3 aromatic carbocycles. The van der Waals surface area contributed by atoms with Crippen LogP contribution in [0.3, 0.4) is 0 Å². The SMILES string of the molecule is O=S(=O)(c1ccccc1)C(c1csc2ccccc12)S(=O)(=O)c1ccccc1. The van der Waals surface area contributed by atoms with E-state index in [1.54, 1.807) is 53.9 Å². The second kappa shape index (κ2) is 7.16. The molecule has 0 N–H and O–H groups in total. The van der Waals surface area contributed by atoms with Crippen molar-refractivity contribution >= 4 is 41.1 Å². The quantitative estimate of drug-likeness (QED) is 0.456. The van der Waals surface area contributed by atoms with E-state index in [2.05, 4.69) is 0 Å². The molecule has 4 nitrogen and oxygen atoms in total. The van der Waals surface area contributed by atoms with Gasteiger partial charge in [0.15, 0.2) is 24.3 Å². The van der Waals surface area contributed by atoms with E-state index in [0.717, 1.165) is 4.70 Å². The summed E-state index contributed by atoms with van der Waals surface area (Å²) in [5.74, 6) is 0. The summed E-state index contributed by atoms with van der Waals surface area (Å²) in [6.45, 7) is 0. The number of rotatable bonds is 5. The summed E-state index contributed by atoms with van der Waals surface area (Å²) in [5, 5.41) is 2.27. The Morgan fingerprint density at radius 3 is 1.61 bits per heavy atom. The van der Waals surface area contributed by atoms with Gasteiger partial charge in [-0.3, -0.25) is 0 Å². The predicted octanol–water partition coefficient (Wildman–Crippen LogP) is 4.85. The number of hydrogen-bond acceptors (Lipinski definition) is 5. The van der Waals surface area contributed by atoms with Crippen LogP contribution in [0, 0.1) is 0 Å². The second-order valence-electron chi connectivity index (χ2n) is 6.24. The van der Waals surface area contributed by atoms with E-state index in [1.165, 1.54) is 35.6 Å². The van der Waals surface area contributed by atoms with Gasteiger partial charge >= 0.3 is 0 Å². The molecule has 1 heterocycles. The molecule has 0 saturated carbocycles. The van der Waals surface area contributed by atoms with Crippen LogP contribution in [0.2, 0.25) is 0 Å². The van der Waals surface area contributed by atoms with Gasteiger partial charge in [-0.15, -0.1) is 11.3 Å². The first-order chi connectivity index (χ1) is 13.4. The molecule has 0 radical (unpaired) electrons. The Kier molecular flexibility index (Phi) is 4.82. The van der Waals surface area contributed by atoms with E-state index >= 15 is 0 Å². The average molecular weight is 429 g/mol. The Balaban J connectivity index is 2.03. The highest BCUT2D eigenvalue weighted by molar-refractivity contribution is 8.08. The topological polar surface area (TPSA) is 68.3 Å². The molecule has 7 heteroatoms. The smallest absolute Gasteiger partial charge is 0.200 e. The maximum Gasteiger partial charge on any atom is 0.200 e. The van der Waals surface area contributed by atoms with Gasteiger partial charge in [-0.25, -0.2) is 16.8 Å². The Labute approximate surface area is 167 Å². The fraction of sp³-hybridized carbons (Fsp3) is 0.0476. The zero-order valence-electron chi connectivity index (χ0n) is 14.6. The van der Waals surface area contributed by atoms with Gasteiger partial charge in [0.25, 0.3) is 0 Å². The van der Waals surface area contributed by atoms with Crippen molar-refractivity contribution in [2.45, 2.75) is 14.4 Å². The van der Waals surface area contributed by atoms with E-state index in [-0.39, 0.29) is 15.4 Å². The molecular weight excluding hydrogens is 412 g/mol. The lowest BCUT2D eigenvalue weighted by Gasteiger charge is -2.18. The first-order valence-corrected chi connectivity index (χ1v) is 12.4. The summed E-state index contributed by atoms with van der Waals surface area (Å²) in [7, 11) is -8.41. The number of hydrogen-bond donors (Lipinski definition) is 0. The molecule has 0 atom stereocenters. The van der Waals surface area contributed by atoms with Crippen molar-refractivity contribution in [2.24, 2.45) is 0 Å². The summed E-state index contributed by atoms with van der Waals surface area (Å²) in [6.07, 6.45) is 0. The van der Waals surface area contributed by atoms with Gasteiger partial charge in [0, 0.05) is 10.3 Å². The van der Waals surface area contributed by atoms with Gasteiger partial charge in [0.1, 0.15) is 0 Å². The van der Waals surface area contributed by atoms with E-state index < -0.39 is 24.3 Å². The zero-order chi connectivity index (χ0) is 19.8. The highest BCUT2D eigenvalue weighted by atomic mass is 32.3. The third-order valence-corrected chi connectivity index (χ3v) is 10.5. The third-order valence-electron chi connectivity index (χ3n) is 4.47. The van der Waals surface area contributed by atoms with Crippen LogP contribution in [0.15, 0.2) is 100 Å². The van der Waals surface area contributed by atoms with Crippen molar-refractivity contribution in [3.05, 3.63) is 95.9 Å². The van der Waals surface area contributed by atoms with Crippen molar-refractivity contribution in [1.82, 2.24) is 0 Å². The summed E-state index contributed by atoms with van der Waals surface area (Å²) >= 11 is 1.34. The summed E-state index contributed by atoms with van der Waals surface area (Å²) in [6, 6.07) is 22.7. The average Bonchev–Trinajstić information content (AvgIpc) is 3.13. The van der Waals surface area contributed by atoms with Crippen LogP contribution < -0.4 is 0 Å². The van der Waals surface area contributed by atoms with Crippen LogP contribution in [0.25, 0.3) is 10.1 Å². The second-order valence-corrected chi connectivity index (χ2v) is 11.5. The van der Waals surface area contributed by atoms with Gasteiger partial charge in [0.2, 0.25) is 0 Å². The molecule has 0 unspecified atom stereocenters. The molecule has 0 aliphatic heterocycles. The van der Waals surface area contributed by atoms with Crippen molar-refractivity contribution < 1.29 is 16.8 Å². The molecule has 4 aromatic rings. The maximum atomic E-state index is 13.5. The Bertz CT molecular complexity index is 1250. The van der Waals surface area contributed by atoms with E-state index in [9.17, 15) is 16.8 Å². The van der Waals surface area contributed by atoms with Crippen LogP contribution in [0.1, 0.15) is 10.1 Å². The largest absolute Gasteiger partial charge is 0.222 e. The molecule has 0 aliphatic rings. The van der Waals surface area contributed by atoms with E-state index in [4.69, 9.17) is 0 Å². The normalized spacial score (nSPS) is 12.5. The van der Waals surface area contributed by atoms with Gasteiger partial charge in [-0.1, -0.05) is 54.6 Å². The minimum absolute atomic E-state index is 0.0187. The molecule has 0 fully saturated rings. The fourth-order valence-corrected chi connectivity index (χ4v) is 8.94. The highest BCUT2D eigenvalue weighted by Crippen LogP contribution is 2.42. The third kappa shape index (κ3) is 3.15. The lowest BCUT2D eigenvalue weighted by molar-refractivity contribution is 0.577. The lowest BCUT2D eigenvalue weighted by Crippen LogP contribution is -2.23. The minimum atomic E-state index is -4.20. The standard InChI is InChI=1S/C21H16O4S3/c22-27(23,16-9-3-1-4-10-16)21(28(24,25)17-11-5-2-6-12-17)19-15-26-20-14-8-7-13-18(19)20/h1-15,21H. The summed E-state index contributed by atoms with van der Waals surface area (Å²) < 4.78 is 53.2. The van der Waals surface area contributed by atoms with Gasteiger partial charge in [0.05, 0.1) is 9.79 Å². The number of benzene rings is 3. The molecule has 142 valence electrons. The van der Waals surface area contributed by atoms with Crippen molar-refractivity contribution in [3.8, 4) is 0 Å². The Morgan fingerprint density at radius 2 is 1.07 bits per heavy atom. The van der Waals surface area contributed by atoms with Crippen LogP contribution in [-0.2, 0) is 19.7 Å². The number of sulfone groups is 2. The molecular formula is C21H16O4S3. The monoisotopic (exact) mass is 428 g/mol. The van der Waals surface area contributed by atoms with Crippen LogP contribution in [0.4, 0.5) is 0 Å². The van der Waals surface area contributed by atoms with E-state index in [1.807, 2.05) is 12.1 Å². The zero-order valence-corrected chi connectivity index (χ0v) is 17.0. The van der Waals surface area contributed by atoms with Crippen LogP contribution >= 0.6 is 11.3 Å². The summed E-state index contributed by atoms with van der Waals surface area (Å²) in [4.78, 5) is -0.0374. The Hall–Kier alpha value is -2.48. The first kappa shape index (κ1) is 18.9. The van der Waals surface area contributed by atoms with Gasteiger partial charge < -0.3 is 0 Å². The molecule has 1 aromatic heterocycles. The van der Waals surface area contributed by atoms with E-state index in [0.29, 0.717) is 5.39 Å². The lowest BCUT2D eigenvalue weighted by atomic mass is 10.2. The van der Waals surface area contributed by atoms with Crippen molar-refractivity contribution in [3.63, 3.8) is 0 Å². The number of thiophene rings is 1. The summed E-state index contributed by atoms with van der Waals surface area (Å²) in [5.41, 5.74) is 0.285. The molecule has 0 bridgehead atoms. The molecule has 4 rings (SSSR count).